The Hall–Kier alpha value is -1.30. The Bertz CT molecular complexity index is 368. The minimum absolute atomic E-state index is 0.0227. The van der Waals surface area contributed by atoms with Crippen molar-refractivity contribution in [2.24, 2.45) is 0 Å². The first kappa shape index (κ1) is 11.8. The second-order valence-electron chi connectivity index (χ2n) is 3.10. The van der Waals surface area contributed by atoms with E-state index in [0.717, 1.165) is 0 Å². The summed E-state index contributed by atoms with van der Waals surface area (Å²) in [4.78, 5) is 14.3. The standard InChI is InChI=1S/C9H12N2O3S/c1-6(2)15-9-7(11(12)13)4-5-8(10-9)14-3/h4-6H,1-3H3. The summed E-state index contributed by atoms with van der Waals surface area (Å²) in [6.45, 7) is 3.91. The Morgan fingerprint density at radius 2 is 2.20 bits per heavy atom. The van der Waals surface area contributed by atoms with E-state index in [4.69, 9.17) is 4.74 Å². The van der Waals surface area contributed by atoms with Gasteiger partial charge in [-0.15, -0.1) is 0 Å². The van der Waals surface area contributed by atoms with Crippen molar-refractivity contribution < 1.29 is 9.66 Å². The molecule has 0 aliphatic heterocycles. The normalized spacial score (nSPS) is 10.4. The molecule has 0 aromatic carbocycles. The van der Waals surface area contributed by atoms with Gasteiger partial charge in [0.2, 0.25) is 5.88 Å². The lowest BCUT2D eigenvalue weighted by Crippen LogP contribution is -1.98. The van der Waals surface area contributed by atoms with E-state index in [-0.39, 0.29) is 10.9 Å². The molecule has 0 unspecified atom stereocenters. The number of hydrogen-bond acceptors (Lipinski definition) is 5. The van der Waals surface area contributed by atoms with Gasteiger partial charge in [-0.1, -0.05) is 25.6 Å². The van der Waals surface area contributed by atoms with Gasteiger partial charge >= 0.3 is 5.69 Å². The Morgan fingerprint density at radius 1 is 1.53 bits per heavy atom. The highest BCUT2D eigenvalue weighted by molar-refractivity contribution is 7.99. The average molecular weight is 228 g/mol. The first-order valence-corrected chi connectivity index (χ1v) is 5.28. The fourth-order valence-corrected chi connectivity index (χ4v) is 1.83. The van der Waals surface area contributed by atoms with Gasteiger partial charge in [0.1, 0.15) is 0 Å². The first-order valence-electron chi connectivity index (χ1n) is 4.40. The van der Waals surface area contributed by atoms with Crippen molar-refractivity contribution in [3.05, 3.63) is 22.2 Å². The molecule has 1 aromatic rings. The van der Waals surface area contributed by atoms with Crippen LogP contribution in [0.15, 0.2) is 17.2 Å². The molecule has 0 aliphatic carbocycles. The third-order valence-corrected chi connectivity index (χ3v) is 2.56. The maximum absolute atomic E-state index is 10.7. The van der Waals surface area contributed by atoms with Crippen LogP contribution in [0.1, 0.15) is 13.8 Å². The van der Waals surface area contributed by atoms with Gasteiger partial charge in [0.25, 0.3) is 0 Å². The molecule has 0 saturated carbocycles. The maximum atomic E-state index is 10.7. The molecule has 6 heteroatoms. The average Bonchev–Trinajstić information content (AvgIpc) is 2.16. The Kier molecular flexibility index (Phi) is 3.90. The van der Waals surface area contributed by atoms with Crippen molar-refractivity contribution in [3.63, 3.8) is 0 Å². The monoisotopic (exact) mass is 228 g/mol. The van der Waals surface area contributed by atoms with E-state index in [1.807, 2.05) is 13.8 Å². The van der Waals surface area contributed by atoms with Crippen molar-refractivity contribution in [1.82, 2.24) is 4.98 Å². The van der Waals surface area contributed by atoms with Crippen LogP contribution in [0.3, 0.4) is 0 Å². The third-order valence-electron chi connectivity index (χ3n) is 1.57. The molecule has 0 saturated heterocycles. The van der Waals surface area contributed by atoms with Crippen molar-refractivity contribution in [3.8, 4) is 5.88 Å². The number of ether oxygens (including phenoxy) is 1. The zero-order chi connectivity index (χ0) is 11.4. The maximum Gasteiger partial charge on any atom is 0.301 e. The molecule has 0 fully saturated rings. The van der Waals surface area contributed by atoms with E-state index in [1.165, 1.54) is 31.0 Å². The molecule has 0 radical (unpaired) electrons. The summed E-state index contributed by atoms with van der Waals surface area (Å²) in [6.07, 6.45) is 0. The first-order chi connectivity index (χ1) is 7.04. The highest BCUT2D eigenvalue weighted by Crippen LogP contribution is 2.31. The lowest BCUT2D eigenvalue weighted by molar-refractivity contribution is -0.388. The van der Waals surface area contributed by atoms with Gasteiger partial charge < -0.3 is 4.74 Å². The van der Waals surface area contributed by atoms with E-state index >= 15 is 0 Å². The van der Waals surface area contributed by atoms with Crippen LogP contribution in [0.2, 0.25) is 0 Å². The van der Waals surface area contributed by atoms with Crippen LogP contribution in [0.5, 0.6) is 5.88 Å². The van der Waals surface area contributed by atoms with Gasteiger partial charge in [0.05, 0.1) is 12.0 Å². The molecule has 0 amide bonds. The zero-order valence-electron chi connectivity index (χ0n) is 8.76. The van der Waals surface area contributed by atoms with Crippen LogP contribution in [-0.4, -0.2) is 22.3 Å². The smallest absolute Gasteiger partial charge is 0.301 e. The quantitative estimate of drug-likeness (QED) is 0.450. The lowest BCUT2D eigenvalue weighted by Gasteiger charge is -2.06. The van der Waals surface area contributed by atoms with Crippen LogP contribution in [0.25, 0.3) is 0 Å². The molecule has 5 nitrogen and oxygen atoms in total. The largest absolute Gasteiger partial charge is 0.481 e. The van der Waals surface area contributed by atoms with Gasteiger partial charge in [-0.3, -0.25) is 10.1 Å². The van der Waals surface area contributed by atoms with Crippen molar-refractivity contribution >= 4 is 17.4 Å². The van der Waals surface area contributed by atoms with E-state index < -0.39 is 4.92 Å². The molecule has 0 spiro atoms. The van der Waals surface area contributed by atoms with Crippen LogP contribution < -0.4 is 4.74 Å². The summed E-state index contributed by atoms with van der Waals surface area (Å²) in [5.41, 5.74) is 0.0227. The highest BCUT2D eigenvalue weighted by Gasteiger charge is 2.17. The number of methoxy groups -OCH3 is 1. The molecule has 0 aliphatic rings. The predicted octanol–water partition coefficient (Wildman–Crippen LogP) is 2.50. The van der Waals surface area contributed by atoms with E-state index in [0.29, 0.717) is 10.9 Å². The molecular weight excluding hydrogens is 216 g/mol. The molecule has 0 bridgehead atoms. The molecule has 82 valence electrons. The molecule has 1 rings (SSSR count). The molecule has 15 heavy (non-hydrogen) atoms. The minimum Gasteiger partial charge on any atom is -0.481 e. The van der Waals surface area contributed by atoms with Gasteiger partial charge in [-0.05, 0) is 0 Å². The number of thioether (sulfide) groups is 1. The van der Waals surface area contributed by atoms with E-state index in [2.05, 4.69) is 4.98 Å². The molecular formula is C9H12N2O3S. The predicted molar refractivity (Wildman–Crippen MR) is 58.4 cm³/mol. The van der Waals surface area contributed by atoms with Gasteiger partial charge in [0.15, 0.2) is 5.03 Å². The Morgan fingerprint density at radius 3 is 2.67 bits per heavy atom. The van der Waals surface area contributed by atoms with Crippen LogP contribution >= 0.6 is 11.8 Å². The topological polar surface area (TPSA) is 65.3 Å². The highest BCUT2D eigenvalue weighted by atomic mass is 32.2. The van der Waals surface area contributed by atoms with E-state index in [9.17, 15) is 10.1 Å². The van der Waals surface area contributed by atoms with Gasteiger partial charge in [0, 0.05) is 17.4 Å². The number of nitrogens with zero attached hydrogens (tertiary/aromatic N) is 2. The Labute approximate surface area is 92.0 Å². The molecule has 1 aromatic heterocycles. The Balaban J connectivity index is 3.10. The van der Waals surface area contributed by atoms with Crippen LogP contribution in [0, 0.1) is 10.1 Å². The fourth-order valence-electron chi connectivity index (χ4n) is 0.979. The lowest BCUT2D eigenvalue weighted by atomic mass is 10.4. The van der Waals surface area contributed by atoms with Gasteiger partial charge in [-0.2, -0.15) is 4.98 Å². The summed E-state index contributed by atoms with van der Waals surface area (Å²) in [5.74, 6) is 0.392. The fraction of sp³-hybridized carbons (Fsp3) is 0.444. The number of rotatable bonds is 4. The summed E-state index contributed by atoms with van der Waals surface area (Å²) in [7, 11) is 1.48. The molecule has 0 atom stereocenters. The molecule has 0 N–H and O–H groups in total. The second kappa shape index (κ2) is 4.97. The minimum atomic E-state index is -0.433. The SMILES string of the molecule is COc1ccc([N+](=O)[O-])c(SC(C)C)n1. The summed E-state index contributed by atoms with van der Waals surface area (Å²) < 4.78 is 4.92. The third kappa shape index (κ3) is 3.09. The van der Waals surface area contributed by atoms with Crippen molar-refractivity contribution in [2.45, 2.75) is 24.1 Å². The van der Waals surface area contributed by atoms with E-state index in [1.54, 1.807) is 0 Å². The molecule has 1 heterocycles. The number of aromatic nitrogens is 1. The van der Waals surface area contributed by atoms with Crippen LogP contribution in [0.4, 0.5) is 5.69 Å². The summed E-state index contributed by atoms with van der Waals surface area (Å²) in [6, 6.07) is 2.90. The number of pyridine rings is 1. The number of nitro groups is 1. The summed E-state index contributed by atoms with van der Waals surface area (Å²) >= 11 is 1.35. The van der Waals surface area contributed by atoms with Crippen LogP contribution in [-0.2, 0) is 0 Å². The summed E-state index contributed by atoms with van der Waals surface area (Å²) in [5, 5.41) is 11.4. The number of hydrogen-bond donors (Lipinski definition) is 0. The zero-order valence-corrected chi connectivity index (χ0v) is 9.58. The van der Waals surface area contributed by atoms with Gasteiger partial charge in [-0.25, -0.2) is 0 Å². The van der Waals surface area contributed by atoms with Crippen molar-refractivity contribution in [2.75, 3.05) is 7.11 Å². The van der Waals surface area contributed by atoms with Crippen molar-refractivity contribution in [1.29, 1.82) is 0 Å². The second-order valence-corrected chi connectivity index (χ2v) is 4.67.